The van der Waals surface area contributed by atoms with E-state index in [1.807, 2.05) is 35.8 Å². The fourth-order valence-electron chi connectivity index (χ4n) is 10.00. The first-order chi connectivity index (χ1) is 46.8. The third-order valence-corrected chi connectivity index (χ3v) is 18.0. The van der Waals surface area contributed by atoms with Gasteiger partial charge < -0.3 is 44.7 Å². The number of rotatable bonds is 7. The van der Waals surface area contributed by atoms with E-state index in [2.05, 4.69) is 331 Å². The minimum atomic E-state index is -0.402. The van der Waals surface area contributed by atoms with Crippen LogP contribution in [0.5, 0.6) is 0 Å². The summed E-state index contributed by atoms with van der Waals surface area (Å²) in [5.74, 6) is 7.80. The van der Waals surface area contributed by atoms with Gasteiger partial charge in [0.15, 0.2) is 40.6 Å². The Hall–Kier alpha value is -3.95. The van der Waals surface area contributed by atoms with Crippen LogP contribution in [0.4, 0.5) is 5.13 Å². The zero-order valence-electron chi connectivity index (χ0n) is 74.9. The standard InChI is InChI=1S/C10H19NO2.2C10H19NO.2C10H19NS.C9H19N3.2C9H17NO.C7H12N2S/c1-9(2,3)5-8-11-10(4,6-12)7-13-8;1-9(2,3)11-8-6-10(4,5)7-12-8;1-9(2,3)6-8-11-10(4,5)7-12-8;1-9(2,3)11-8-6-10(4,5)7-12-8;1-9(2,3)6-8-11-10(4,5)7-12-8;1-8(2,3)11-7-10-6-9(4,5)12-7;2*1-7-6-11-8(10-7)5-9(2,3)4;1-7(2,3)9-6-8-4-5-10-6/h12H,5-7H2,1-4H3;4*6-7H2,1-5H3;6H2,1-5H3,(H2,10,11,12);2*7H,5-6H2,1-4H3;4-5H,1-3H3,(H,8,9)/t;;;;;;2*7-;/m......10./s1. The van der Waals surface area contributed by atoms with Crippen molar-refractivity contribution in [1.29, 1.82) is 0 Å². The number of anilines is 1. The molecule has 9 heterocycles. The first-order valence-electron chi connectivity index (χ1n) is 38.7. The number of nitrogens with one attached hydrogen (secondary N) is 3. The average molecular weight is 1530 g/mol. The molecule has 4 N–H and O–H groups in total. The number of aliphatic hydroxyl groups is 1. The number of thioether (sulfide) groups is 2. The van der Waals surface area contributed by atoms with Crippen LogP contribution in [0.15, 0.2) is 51.5 Å². The summed E-state index contributed by atoms with van der Waals surface area (Å²) in [5, 5.41) is 24.6. The lowest BCUT2D eigenvalue weighted by molar-refractivity contribution is 0.167. The number of ether oxygens (including phenoxy) is 5. The number of hydrogen-bond acceptors (Lipinski definition) is 21. The second-order valence-corrected chi connectivity index (χ2v) is 46.6. The van der Waals surface area contributed by atoms with E-state index in [1.54, 1.807) is 17.5 Å². The summed E-state index contributed by atoms with van der Waals surface area (Å²) in [7, 11) is 0. The summed E-state index contributed by atoms with van der Waals surface area (Å²) < 4.78 is 27.2. The van der Waals surface area contributed by atoms with E-state index in [0.717, 1.165) is 124 Å². The molecule has 0 aliphatic carbocycles. The summed E-state index contributed by atoms with van der Waals surface area (Å²) in [4.78, 5) is 39.9. The van der Waals surface area contributed by atoms with E-state index >= 15 is 0 Å². The Morgan fingerprint density at radius 2 is 0.952 bits per heavy atom. The summed E-state index contributed by atoms with van der Waals surface area (Å²) >= 11 is 5.48. The third-order valence-electron chi connectivity index (χ3n) is 14.4. The van der Waals surface area contributed by atoms with Gasteiger partial charge in [0.05, 0.1) is 69.6 Å². The van der Waals surface area contributed by atoms with Crippen LogP contribution < -0.4 is 16.0 Å². The number of nitrogens with zero attached hydrogens (tertiary/aromatic N) is 9. The maximum atomic E-state index is 9.05. The molecule has 3 atom stereocenters. The van der Waals surface area contributed by atoms with Gasteiger partial charge in [0, 0.05) is 84.5 Å². The Morgan fingerprint density at radius 1 is 0.495 bits per heavy atom. The molecule has 8 aliphatic heterocycles. The van der Waals surface area contributed by atoms with Crippen molar-refractivity contribution in [2.75, 3.05) is 63.0 Å². The lowest BCUT2D eigenvalue weighted by Gasteiger charge is -2.24. The van der Waals surface area contributed by atoms with Crippen molar-refractivity contribution in [3.05, 3.63) is 11.6 Å². The molecule has 1 unspecified atom stereocenters. The molecular formula is C84H160N12O6S3. The highest BCUT2D eigenvalue weighted by Gasteiger charge is 2.35. The van der Waals surface area contributed by atoms with Gasteiger partial charge in [0.25, 0.3) is 0 Å². The molecule has 0 spiro atoms. The molecule has 105 heavy (non-hydrogen) atoms. The monoisotopic (exact) mass is 1530 g/mol. The largest absolute Gasteiger partial charge is 0.480 e. The minimum absolute atomic E-state index is 0.000579. The van der Waals surface area contributed by atoms with Crippen molar-refractivity contribution in [3.8, 4) is 0 Å². The van der Waals surface area contributed by atoms with E-state index in [-0.39, 0.29) is 61.6 Å². The van der Waals surface area contributed by atoms with Gasteiger partial charge in [-0.05, 0) is 178 Å². The van der Waals surface area contributed by atoms with Crippen molar-refractivity contribution in [3.63, 3.8) is 0 Å². The van der Waals surface area contributed by atoms with E-state index in [1.165, 1.54) is 15.8 Å². The summed E-state index contributed by atoms with van der Waals surface area (Å²) in [5.41, 5.74) is 2.40. The van der Waals surface area contributed by atoms with E-state index in [4.69, 9.17) is 28.8 Å². The highest BCUT2D eigenvalue weighted by Crippen LogP contribution is 2.38. The van der Waals surface area contributed by atoms with Gasteiger partial charge >= 0.3 is 0 Å². The van der Waals surface area contributed by atoms with Crippen molar-refractivity contribution < 1.29 is 28.8 Å². The second-order valence-electron chi connectivity index (χ2n) is 43.6. The second kappa shape index (κ2) is 39.8. The molecule has 610 valence electrons. The van der Waals surface area contributed by atoms with E-state index < -0.39 is 5.54 Å². The molecule has 2 fully saturated rings. The predicted octanol–water partition coefficient (Wildman–Crippen LogP) is 21.5. The molecule has 0 bridgehead atoms. The molecule has 0 aromatic carbocycles. The molecule has 0 amide bonds. The first-order valence-corrected chi connectivity index (χ1v) is 41.5. The zero-order valence-corrected chi connectivity index (χ0v) is 77.3. The van der Waals surface area contributed by atoms with Crippen molar-refractivity contribution in [2.24, 2.45) is 77.8 Å². The molecule has 1 aromatic heterocycles. The molecule has 0 saturated carbocycles. The molecule has 2 saturated heterocycles. The van der Waals surface area contributed by atoms with Gasteiger partial charge in [-0.2, -0.15) is 0 Å². The van der Waals surface area contributed by atoms with Crippen LogP contribution in [-0.4, -0.2) is 170 Å². The van der Waals surface area contributed by atoms with Gasteiger partial charge in [-0.25, -0.2) is 29.9 Å². The van der Waals surface area contributed by atoms with Crippen LogP contribution >= 0.6 is 34.9 Å². The molecule has 1 aromatic rings. The SMILES string of the molecule is CC(C)(C)CC1=NC(C)(C)CO1.CC(C)(C)CC1=NC(C)(C)CS1.CC(C)(C)CC1=NC(C)(CO)CO1.CC(C)(C)NC1=NCC(C)(C)N1.CC(C)(C)Nc1nccs1.CC1(C)COC(=NC(C)(C)C)C1.CC1(C)CSC(=NC(C)(C)C)C1.C[C@@H]1COC(CC(C)(C)C)=N1.C[C@H]1COC(CC(C)(C)C)=N1. The lowest BCUT2D eigenvalue weighted by Crippen LogP contribution is -2.50. The molecule has 18 nitrogen and oxygen atoms in total. The maximum Gasteiger partial charge on any atom is 0.192 e. The van der Waals surface area contributed by atoms with Gasteiger partial charge in [-0.1, -0.05) is 132 Å². The van der Waals surface area contributed by atoms with Crippen molar-refractivity contribution in [2.45, 2.75) is 378 Å². The topological polar surface area (TPSA) is 214 Å². The molecule has 21 heteroatoms. The Balaban J connectivity index is 0.000000591. The number of aliphatic hydroxyl groups excluding tert-OH is 1. The third kappa shape index (κ3) is 52.7. The smallest absolute Gasteiger partial charge is 0.192 e. The van der Waals surface area contributed by atoms with Gasteiger partial charge in [0.1, 0.15) is 32.0 Å². The van der Waals surface area contributed by atoms with Crippen LogP contribution in [0.25, 0.3) is 0 Å². The Morgan fingerprint density at radius 3 is 1.26 bits per heavy atom. The maximum absolute atomic E-state index is 9.05. The van der Waals surface area contributed by atoms with Crippen molar-refractivity contribution >= 4 is 85.5 Å². The zero-order chi connectivity index (χ0) is 81.7. The molecule has 8 aliphatic rings. The van der Waals surface area contributed by atoms with Crippen LogP contribution in [-0.2, 0) is 23.7 Å². The first kappa shape index (κ1) is 99.1. The summed E-state index contributed by atoms with van der Waals surface area (Å²) in [6, 6.07) is 0.736. The number of thiazole rings is 1. The lowest BCUT2D eigenvalue weighted by atomic mass is 9.92. The number of guanidine groups is 1. The summed E-state index contributed by atoms with van der Waals surface area (Å²) in [6.07, 6.45) is 8.76. The normalized spacial score (nSPS) is 23.4. The van der Waals surface area contributed by atoms with Crippen LogP contribution in [0.1, 0.15) is 322 Å². The van der Waals surface area contributed by atoms with E-state index in [0.29, 0.717) is 40.4 Å². The van der Waals surface area contributed by atoms with Gasteiger partial charge in [-0.3, -0.25) is 15.0 Å². The van der Waals surface area contributed by atoms with Crippen LogP contribution in [0.2, 0.25) is 0 Å². The quantitative estimate of drug-likeness (QED) is 0.201. The van der Waals surface area contributed by atoms with Gasteiger partial charge in [-0.15, -0.1) is 34.9 Å². The average Bonchev–Trinajstić information content (AvgIpc) is 1.73. The fourth-order valence-corrected chi connectivity index (χ4v) is 13.7. The highest BCUT2D eigenvalue weighted by molar-refractivity contribution is 8.14. The minimum Gasteiger partial charge on any atom is -0.480 e. The molecule has 0 radical (unpaired) electrons. The van der Waals surface area contributed by atoms with Crippen LogP contribution in [0, 0.1) is 37.9 Å². The van der Waals surface area contributed by atoms with Crippen LogP contribution in [0.3, 0.4) is 0 Å². The molecular weight excluding hydrogens is 1370 g/mol. The van der Waals surface area contributed by atoms with Crippen molar-refractivity contribution in [1.82, 2.24) is 15.6 Å². The Labute approximate surface area is 656 Å². The highest BCUT2D eigenvalue weighted by atomic mass is 32.2. The van der Waals surface area contributed by atoms with E-state index in [9.17, 15) is 0 Å². The fraction of sp³-hybridized carbons (Fsp3) is 0.869. The summed E-state index contributed by atoms with van der Waals surface area (Å²) in [6.45, 7) is 91.0. The number of aliphatic imine (C=N–C) groups is 8. The Bertz CT molecular complexity index is 2890. The Kier molecular flexibility index (Phi) is 37.5. The number of hydrogen-bond donors (Lipinski definition) is 4. The van der Waals surface area contributed by atoms with Gasteiger partial charge in [0.2, 0.25) is 0 Å². The molecule has 9 rings (SSSR count). The predicted molar refractivity (Wildman–Crippen MR) is 464 cm³/mol. The number of aromatic nitrogens is 1.